The average Bonchev–Trinajstić information content (AvgIpc) is 2.57. The zero-order valence-corrected chi connectivity index (χ0v) is 16.1. The van der Waals surface area contributed by atoms with Crippen LogP contribution in [-0.4, -0.2) is 53.5 Å². The van der Waals surface area contributed by atoms with Crippen molar-refractivity contribution in [3.8, 4) is 0 Å². The Balaban J connectivity index is 4.93. The molecule has 0 spiro atoms. The summed E-state index contributed by atoms with van der Waals surface area (Å²) in [5.41, 5.74) is 16.2. The van der Waals surface area contributed by atoms with Crippen LogP contribution in [0, 0.1) is 5.92 Å². The van der Waals surface area contributed by atoms with E-state index in [2.05, 4.69) is 10.6 Å². The van der Waals surface area contributed by atoms with Crippen molar-refractivity contribution < 1.29 is 24.3 Å². The van der Waals surface area contributed by atoms with Gasteiger partial charge in [0.1, 0.15) is 12.1 Å². The van der Waals surface area contributed by atoms with Gasteiger partial charge in [-0.1, -0.05) is 13.8 Å². The first-order chi connectivity index (χ1) is 12.6. The monoisotopic (exact) mass is 387 g/mol. The minimum Gasteiger partial charge on any atom is -0.480 e. The molecule has 0 aromatic heterocycles. The topological polar surface area (TPSA) is 191 Å². The highest BCUT2D eigenvalue weighted by atomic mass is 16.4. The number of rotatable bonds is 14. The SMILES string of the molecule is CC(C)C[C@H](NC(=O)[C@@H](N)CCC(N)=O)C(=O)N[C@@H](CCCCN)C(=O)O. The maximum Gasteiger partial charge on any atom is 0.326 e. The standard InChI is InChI=1S/C17H33N5O5/c1-10(2)9-13(22-15(24)11(19)6-7-14(20)23)16(25)21-12(17(26)27)5-3-4-8-18/h10-13H,3-9,18-19H2,1-2H3,(H2,20,23)(H,21,25)(H,22,24)(H,26,27)/t11-,12-,13-/m0/s1. The molecule has 0 rings (SSSR count). The van der Waals surface area contributed by atoms with Crippen LogP contribution in [0.15, 0.2) is 0 Å². The molecule has 0 unspecified atom stereocenters. The Kier molecular flexibility index (Phi) is 12.0. The Bertz CT molecular complexity index is 512. The van der Waals surface area contributed by atoms with Gasteiger partial charge in [-0.05, 0) is 44.6 Å². The summed E-state index contributed by atoms with van der Waals surface area (Å²) in [6.07, 6.45) is 1.80. The van der Waals surface area contributed by atoms with E-state index >= 15 is 0 Å². The van der Waals surface area contributed by atoms with Crippen LogP contribution < -0.4 is 27.8 Å². The fourth-order valence-corrected chi connectivity index (χ4v) is 2.43. The molecular formula is C17H33N5O5. The molecule has 156 valence electrons. The minimum atomic E-state index is -1.15. The zero-order valence-electron chi connectivity index (χ0n) is 16.1. The molecule has 0 aliphatic rings. The normalized spacial score (nSPS) is 14.3. The van der Waals surface area contributed by atoms with E-state index in [0.717, 1.165) is 0 Å². The van der Waals surface area contributed by atoms with Gasteiger partial charge in [-0.2, -0.15) is 0 Å². The highest BCUT2D eigenvalue weighted by molar-refractivity contribution is 5.91. The van der Waals surface area contributed by atoms with Crippen LogP contribution in [0.1, 0.15) is 52.4 Å². The van der Waals surface area contributed by atoms with Crippen molar-refractivity contribution in [1.82, 2.24) is 10.6 Å². The number of carboxylic acids is 1. The van der Waals surface area contributed by atoms with Crippen molar-refractivity contribution in [2.24, 2.45) is 23.1 Å². The van der Waals surface area contributed by atoms with Gasteiger partial charge in [0.05, 0.1) is 6.04 Å². The van der Waals surface area contributed by atoms with Crippen molar-refractivity contribution in [3.63, 3.8) is 0 Å². The third-order valence-electron chi connectivity index (χ3n) is 3.94. The lowest BCUT2D eigenvalue weighted by Gasteiger charge is -2.24. The van der Waals surface area contributed by atoms with E-state index in [0.29, 0.717) is 25.8 Å². The summed E-state index contributed by atoms with van der Waals surface area (Å²) >= 11 is 0. The van der Waals surface area contributed by atoms with E-state index in [1.807, 2.05) is 13.8 Å². The lowest BCUT2D eigenvalue weighted by atomic mass is 10.0. The smallest absolute Gasteiger partial charge is 0.326 e. The van der Waals surface area contributed by atoms with Gasteiger partial charge in [0, 0.05) is 6.42 Å². The average molecular weight is 387 g/mol. The summed E-state index contributed by atoms with van der Waals surface area (Å²) in [7, 11) is 0. The van der Waals surface area contributed by atoms with Gasteiger partial charge in [-0.3, -0.25) is 14.4 Å². The second kappa shape index (κ2) is 13.0. The van der Waals surface area contributed by atoms with E-state index < -0.39 is 41.8 Å². The zero-order chi connectivity index (χ0) is 21.0. The number of unbranched alkanes of at least 4 members (excludes halogenated alkanes) is 1. The number of carbonyl (C=O) groups is 4. The van der Waals surface area contributed by atoms with Gasteiger partial charge >= 0.3 is 5.97 Å². The summed E-state index contributed by atoms with van der Waals surface area (Å²) in [5, 5.41) is 14.3. The van der Waals surface area contributed by atoms with E-state index in [-0.39, 0.29) is 25.2 Å². The molecule has 0 radical (unpaired) electrons. The molecule has 0 bridgehead atoms. The molecule has 27 heavy (non-hydrogen) atoms. The van der Waals surface area contributed by atoms with E-state index in [9.17, 15) is 24.3 Å². The van der Waals surface area contributed by atoms with Crippen LogP contribution in [-0.2, 0) is 19.2 Å². The van der Waals surface area contributed by atoms with E-state index in [4.69, 9.17) is 17.2 Å². The fraction of sp³-hybridized carbons (Fsp3) is 0.765. The summed E-state index contributed by atoms with van der Waals surface area (Å²) in [5.74, 6) is -2.82. The Morgan fingerprint density at radius 1 is 0.963 bits per heavy atom. The lowest BCUT2D eigenvalue weighted by molar-refractivity contribution is -0.142. The van der Waals surface area contributed by atoms with Gasteiger partial charge in [0.25, 0.3) is 0 Å². The van der Waals surface area contributed by atoms with Crippen LogP contribution >= 0.6 is 0 Å². The Labute approximate surface area is 159 Å². The van der Waals surface area contributed by atoms with Crippen molar-refractivity contribution >= 4 is 23.7 Å². The largest absolute Gasteiger partial charge is 0.480 e. The predicted octanol–water partition coefficient (Wildman–Crippen LogP) is -1.19. The number of nitrogens with two attached hydrogens (primary N) is 3. The molecule has 0 aliphatic carbocycles. The number of nitrogens with one attached hydrogen (secondary N) is 2. The maximum absolute atomic E-state index is 12.5. The minimum absolute atomic E-state index is 0.0438. The molecule has 10 nitrogen and oxygen atoms in total. The first-order valence-electron chi connectivity index (χ1n) is 9.15. The number of hydrogen-bond donors (Lipinski definition) is 6. The third-order valence-corrected chi connectivity index (χ3v) is 3.94. The lowest BCUT2D eigenvalue weighted by Crippen LogP contribution is -2.54. The Morgan fingerprint density at radius 2 is 1.56 bits per heavy atom. The van der Waals surface area contributed by atoms with Gasteiger partial charge in [0.15, 0.2) is 0 Å². The number of carbonyl (C=O) groups excluding carboxylic acids is 3. The van der Waals surface area contributed by atoms with E-state index in [1.54, 1.807) is 0 Å². The van der Waals surface area contributed by atoms with Crippen LogP contribution in [0.2, 0.25) is 0 Å². The summed E-state index contributed by atoms with van der Waals surface area (Å²) in [6, 6.07) is -2.97. The van der Waals surface area contributed by atoms with E-state index in [1.165, 1.54) is 0 Å². The molecule has 0 heterocycles. The van der Waals surface area contributed by atoms with Crippen molar-refractivity contribution in [2.75, 3.05) is 6.54 Å². The van der Waals surface area contributed by atoms with Crippen molar-refractivity contribution in [2.45, 2.75) is 70.5 Å². The molecule has 3 amide bonds. The molecular weight excluding hydrogens is 354 g/mol. The quantitative estimate of drug-likeness (QED) is 0.202. The number of aliphatic carboxylic acids is 1. The molecule has 0 aliphatic heterocycles. The van der Waals surface area contributed by atoms with Gasteiger partial charge in [0.2, 0.25) is 17.7 Å². The van der Waals surface area contributed by atoms with Crippen molar-refractivity contribution in [3.05, 3.63) is 0 Å². The summed E-state index contributed by atoms with van der Waals surface area (Å²) in [6.45, 7) is 4.18. The van der Waals surface area contributed by atoms with Crippen LogP contribution in [0.4, 0.5) is 0 Å². The summed E-state index contributed by atoms with van der Waals surface area (Å²) < 4.78 is 0. The molecule has 0 saturated heterocycles. The number of primary amides is 1. The van der Waals surface area contributed by atoms with Crippen molar-refractivity contribution in [1.29, 1.82) is 0 Å². The number of hydrogen-bond acceptors (Lipinski definition) is 6. The van der Waals surface area contributed by atoms with Gasteiger partial charge in [-0.15, -0.1) is 0 Å². The Hall–Kier alpha value is -2.20. The van der Waals surface area contributed by atoms with Crippen LogP contribution in [0.25, 0.3) is 0 Å². The second-order valence-corrected chi connectivity index (χ2v) is 6.99. The van der Waals surface area contributed by atoms with Crippen LogP contribution in [0.3, 0.4) is 0 Å². The molecule has 0 aromatic rings. The molecule has 9 N–H and O–H groups in total. The van der Waals surface area contributed by atoms with Crippen LogP contribution in [0.5, 0.6) is 0 Å². The second-order valence-electron chi connectivity index (χ2n) is 6.99. The molecule has 0 fully saturated rings. The highest BCUT2D eigenvalue weighted by Crippen LogP contribution is 2.08. The summed E-state index contributed by atoms with van der Waals surface area (Å²) in [4.78, 5) is 46.9. The third kappa shape index (κ3) is 11.2. The molecule has 3 atom stereocenters. The molecule has 0 aromatic carbocycles. The number of amides is 3. The highest BCUT2D eigenvalue weighted by Gasteiger charge is 2.28. The molecule has 10 heteroatoms. The first kappa shape index (κ1) is 24.8. The molecule has 0 saturated carbocycles. The Morgan fingerprint density at radius 3 is 2.04 bits per heavy atom. The van der Waals surface area contributed by atoms with Gasteiger partial charge in [-0.25, -0.2) is 4.79 Å². The fourth-order valence-electron chi connectivity index (χ4n) is 2.43. The maximum atomic E-state index is 12.5. The number of carboxylic acid groups (broad SMARTS) is 1. The predicted molar refractivity (Wildman–Crippen MR) is 100 cm³/mol. The first-order valence-corrected chi connectivity index (χ1v) is 9.15. The van der Waals surface area contributed by atoms with Gasteiger partial charge < -0.3 is 32.9 Å².